The van der Waals surface area contributed by atoms with Gasteiger partial charge in [0.1, 0.15) is 5.82 Å². The lowest BCUT2D eigenvalue weighted by Gasteiger charge is -2.35. The van der Waals surface area contributed by atoms with Gasteiger partial charge < -0.3 is 15.7 Å². The molecule has 0 heterocycles. The van der Waals surface area contributed by atoms with Crippen LogP contribution in [-0.4, -0.2) is 23.3 Å². The zero-order valence-corrected chi connectivity index (χ0v) is 13.3. The molecular formula is C18H25FN2O2. The maximum Gasteiger partial charge on any atom is 0.315 e. The Morgan fingerprint density at radius 2 is 1.74 bits per heavy atom. The fourth-order valence-electron chi connectivity index (χ4n) is 3.51. The number of aliphatic hydroxyl groups excluding tert-OH is 1. The number of nitrogens with one attached hydrogen (secondary N) is 2. The zero-order valence-electron chi connectivity index (χ0n) is 13.3. The van der Waals surface area contributed by atoms with E-state index >= 15 is 0 Å². The highest BCUT2D eigenvalue weighted by Gasteiger charge is 2.30. The summed E-state index contributed by atoms with van der Waals surface area (Å²) in [5, 5.41) is 15.6. The normalized spacial score (nSPS) is 26.2. The van der Waals surface area contributed by atoms with Crippen molar-refractivity contribution in [2.45, 2.75) is 63.1 Å². The van der Waals surface area contributed by atoms with Gasteiger partial charge in [-0.2, -0.15) is 0 Å². The summed E-state index contributed by atoms with van der Waals surface area (Å²) >= 11 is 0. The monoisotopic (exact) mass is 320 g/mol. The first-order valence-corrected chi connectivity index (χ1v) is 8.62. The van der Waals surface area contributed by atoms with Gasteiger partial charge in [0.2, 0.25) is 0 Å². The summed E-state index contributed by atoms with van der Waals surface area (Å²) in [4.78, 5) is 12.3. The molecule has 0 bridgehead atoms. The molecule has 1 aromatic rings. The number of amides is 2. The van der Waals surface area contributed by atoms with Crippen molar-refractivity contribution in [1.82, 2.24) is 10.6 Å². The molecule has 1 atom stereocenters. The Morgan fingerprint density at radius 3 is 2.30 bits per heavy atom. The summed E-state index contributed by atoms with van der Waals surface area (Å²) in [6, 6.07) is 6.33. The van der Waals surface area contributed by atoms with Crippen LogP contribution in [0.2, 0.25) is 0 Å². The van der Waals surface area contributed by atoms with Crippen LogP contribution >= 0.6 is 0 Å². The summed E-state index contributed by atoms with van der Waals surface area (Å²) in [5.74, 6) is 0.172. The van der Waals surface area contributed by atoms with Crippen LogP contribution in [0.4, 0.5) is 9.18 Å². The topological polar surface area (TPSA) is 61.4 Å². The Balaban J connectivity index is 1.59. The van der Waals surface area contributed by atoms with Gasteiger partial charge in [-0.1, -0.05) is 18.6 Å². The number of carbonyl (C=O) groups excluding carboxylic acids is 1. The number of urea groups is 1. The van der Waals surface area contributed by atoms with Gasteiger partial charge in [-0.05, 0) is 62.1 Å². The predicted molar refractivity (Wildman–Crippen MR) is 86.4 cm³/mol. The highest BCUT2D eigenvalue weighted by atomic mass is 19.1. The van der Waals surface area contributed by atoms with Crippen LogP contribution in [0.3, 0.4) is 0 Å². The highest BCUT2D eigenvalue weighted by Crippen LogP contribution is 2.37. The molecule has 2 aliphatic rings. The highest BCUT2D eigenvalue weighted by molar-refractivity contribution is 5.74. The lowest BCUT2D eigenvalue weighted by Crippen LogP contribution is -2.47. The molecule has 0 radical (unpaired) electrons. The summed E-state index contributed by atoms with van der Waals surface area (Å²) in [7, 11) is 0. The molecule has 2 amide bonds. The Hall–Kier alpha value is -1.62. The number of halogens is 1. The Labute approximate surface area is 136 Å². The van der Waals surface area contributed by atoms with Gasteiger partial charge >= 0.3 is 6.03 Å². The van der Waals surface area contributed by atoms with E-state index in [1.807, 2.05) is 0 Å². The largest absolute Gasteiger partial charge is 0.393 e. The van der Waals surface area contributed by atoms with E-state index in [0.29, 0.717) is 5.92 Å². The van der Waals surface area contributed by atoms with Crippen molar-refractivity contribution in [3.05, 3.63) is 35.6 Å². The van der Waals surface area contributed by atoms with E-state index in [0.717, 1.165) is 44.1 Å². The first kappa shape index (κ1) is 16.2. The average molecular weight is 320 g/mol. The molecule has 1 aromatic carbocycles. The van der Waals surface area contributed by atoms with Crippen molar-refractivity contribution in [1.29, 1.82) is 0 Å². The lowest BCUT2D eigenvalue weighted by molar-refractivity contribution is 0.117. The number of hydrogen-bond donors (Lipinski definition) is 3. The lowest BCUT2D eigenvalue weighted by atomic mass is 9.77. The zero-order chi connectivity index (χ0) is 16.2. The molecule has 0 unspecified atom stereocenters. The number of benzene rings is 1. The van der Waals surface area contributed by atoms with Crippen LogP contribution in [0.15, 0.2) is 24.3 Å². The molecule has 0 aromatic heterocycles. The number of carbonyl (C=O) groups is 1. The van der Waals surface area contributed by atoms with Crippen molar-refractivity contribution in [3.8, 4) is 0 Å². The van der Waals surface area contributed by atoms with E-state index in [1.165, 1.54) is 18.6 Å². The molecule has 2 saturated carbocycles. The standard InChI is InChI=1S/C18H25FN2O2/c19-14-6-4-13(5-7-14)17(12-2-1-3-12)21-18(23)20-15-8-10-16(22)11-9-15/h4-7,12,15-17,22H,1-3,8-11H2,(H2,20,21,23)/t15?,16?,17-/m0/s1. The summed E-state index contributed by atoms with van der Waals surface area (Å²) in [5.41, 5.74) is 0.963. The van der Waals surface area contributed by atoms with E-state index in [-0.39, 0.29) is 30.0 Å². The minimum absolute atomic E-state index is 0.0569. The molecule has 4 nitrogen and oxygen atoms in total. The van der Waals surface area contributed by atoms with Crippen molar-refractivity contribution < 1.29 is 14.3 Å². The van der Waals surface area contributed by atoms with E-state index in [4.69, 9.17) is 0 Å². The van der Waals surface area contributed by atoms with Crippen LogP contribution < -0.4 is 10.6 Å². The van der Waals surface area contributed by atoms with Crippen LogP contribution in [0.1, 0.15) is 56.6 Å². The van der Waals surface area contributed by atoms with E-state index in [9.17, 15) is 14.3 Å². The fraction of sp³-hybridized carbons (Fsp3) is 0.611. The Morgan fingerprint density at radius 1 is 1.09 bits per heavy atom. The van der Waals surface area contributed by atoms with Gasteiger partial charge in [0.05, 0.1) is 12.1 Å². The molecule has 126 valence electrons. The van der Waals surface area contributed by atoms with Crippen LogP contribution in [0.5, 0.6) is 0 Å². The van der Waals surface area contributed by atoms with Gasteiger partial charge in [0, 0.05) is 6.04 Å². The maximum absolute atomic E-state index is 13.1. The molecule has 2 aliphatic carbocycles. The minimum atomic E-state index is -0.258. The summed E-state index contributed by atoms with van der Waals surface area (Å²) < 4.78 is 13.1. The van der Waals surface area contributed by atoms with Gasteiger partial charge in [-0.15, -0.1) is 0 Å². The second kappa shape index (κ2) is 7.30. The maximum atomic E-state index is 13.1. The van der Waals surface area contributed by atoms with Gasteiger partial charge in [0.25, 0.3) is 0 Å². The van der Waals surface area contributed by atoms with Crippen molar-refractivity contribution in [3.63, 3.8) is 0 Å². The Bertz CT molecular complexity index is 522. The molecule has 0 saturated heterocycles. The second-order valence-corrected chi connectivity index (χ2v) is 6.84. The summed E-state index contributed by atoms with van der Waals surface area (Å²) in [6.07, 6.45) is 6.28. The first-order chi connectivity index (χ1) is 11.1. The third kappa shape index (κ3) is 4.22. The predicted octanol–water partition coefficient (Wildman–Crippen LogP) is 3.27. The summed E-state index contributed by atoms with van der Waals surface area (Å²) in [6.45, 7) is 0. The smallest absolute Gasteiger partial charge is 0.315 e. The third-order valence-electron chi connectivity index (χ3n) is 5.17. The van der Waals surface area contributed by atoms with Crippen molar-refractivity contribution in [2.24, 2.45) is 5.92 Å². The van der Waals surface area contributed by atoms with E-state index < -0.39 is 0 Å². The number of rotatable bonds is 4. The molecule has 3 N–H and O–H groups in total. The van der Waals surface area contributed by atoms with Gasteiger partial charge in [0.15, 0.2) is 0 Å². The molecule has 23 heavy (non-hydrogen) atoms. The Kier molecular flexibility index (Phi) is 5.16. The fourth-order valence-corrected chi connectivity index (χ4v) is 3.51. The second-order valence-electron chi connectivity index (χ2n) is 6.84. The third-order valence-corrected chi connectivity index (χ3v) is 5.17. The van der Waals surface area contributed by atoms with Crippen molar-refractivity contribution in [2.75, 3.05) is 0 Å². The average Bonchev–Trinajstić information content (AvgIpc) is 2.48. The van der Waals surface area contributed by atoms with Gasteiger partial charge in [-0.3, -0.25) is 0 Å². The molecular weight excluding hydrogens is 295 g/mol. The van der Waals surface area contributed by atoms with Crippen LogP contribution in [-0.2, 0) is 0 Å². The van der Waals surface area contributed by atoms with E-state index in [2.05, 4.69) is 10.6 Å². The number of hydrogen-bond acceptors (Lipinski definition) is 2. The molecule has 0 spiro atoms. The first-order valence-electron chi connectivity index (χ1n) is 8.62. The van der Waals surface area contributed by atoms with Crippen LogP contribution in [0.25, 0.3) is 0 Å². The van der Waals surface area contributed by atoms with Gasteiger partial charge in [-0.25, -0.2) is 9.18 Å². The SMILES string of the molecule is O=C(NC1CCC(O)CC1)N[C@H](c1ccc(F)cc1)C1CCC1. The molecule has 2 fully saturated rings. The van der Waals surface area contributed by atoms with Crippen molar-refractivity contribution >= 4 is 6.03 Å². The molecule has 0 aliphatic heterocycles. The minimum Gasteiger partial charge on any atom is -0.393 e. The molecule has 5 heteroatoms. The molecule has 3 rings (SSSR count). The number of aliphatic hydroxyl groups is 1. The quantitative estimate of drug-likeness (QED) is 0.797. The van der Waals surface area contributed by atoms with E-state index in [1.54, 1.807) is 12.1 Å². The van der Waals surface area contributed by atoms with Crippen LogP contribution in [0, 0.1) is 11.7 Å².